The van der Waals surface area contributed by atoms with Crippen LogP contribution in [0, 0.1) is 0 Å². The summed E-state index contributed by atoms with van der Waals surface area (Å²) in [6.07, 6.45) is -4.54. The van der Waals surface area contributed by atoms with E-state index in [0.717, 1.165) is 0 Å². The Balaban J connectivity index is 4.14. The Kier molecular flexibility index (Phi) is 2.48. The summed E-state index contributed by atoms with van der Waals surface area (Å²) in [7, 11) is 0. The third-order valence-electron chi connectivity index (χ3n) is 0.818. The van der Waals surface area contributed by atoms with Crippen LogP contribution in [0.15, 0.2) is 5.10 Å². The molecular formula is C4H7F3N2. The van der Waals surface area contributed by atoms with Crippen molar-refractivity contribution in [3.8, 4) is 0 Å². The van der Waals surface area contributed by atoms with Gasteiger partial charge in [-0.1, -0.05) is 6.92 Å². The standard InChI is InChI=1S/C4H7F3N2/c1-2-3(9-8)4(5,6)7/h2,8H2,1H3/b9-3+. The minimum absolute atomic E-state index is 0.181. The molecule has 0 unspecified atom stereocenters. The Hall–Kier alpha value is -0.740. The van der Waals surface area contributed by atoms with Crippen LogP contribution in [-0.4, -0.2) is 11.9 Å². The van der Waals surface area contributed by atoms with Crippen molar-refractivity contribution in [1.29, 1.82) is 0 Å². The van der Waals surface area contributed by atoms with E-state index >= 15 is 0 Å². The van der Waals surface area contributed by atoms with Gasteiger partial charge < -0.3 is 5.84 Å². The van der Waals surface area contributed by atoms with Gasteiger partial charge in [0.1, 0.15) is 5.71 Å². The monoisotopic (exact) mass is 140 g/mol. The predicted octanol–water partition coefficient (Wildman–Crippen LogP) is 1.27. The van der Waals surface area contributed by atoms with E-state index < -0.39 is 11.9 Å². The van der Waals surface area contributed by atoms with Crippen molar-refractivity contribution < 1.29 is 13.2 Å². The highest BCUT2D eigenvalue weighted by molar-refractivity contribution is 5.89. The first-order valence-electron chi connectivity index (χ1n) is 2.36. The average molecular weight is 140 g/mol. The van der Waals surface area contributed by atoms with Crippen LogP contribution in [0.3, 0.4) is 0 Å². The lowest BCUT2D eigenvalue weighted by Gasteiger charge is -2.04. The second-order valence-electron chi connectivity index (χ2n) is 1.43. The Labute approximate surface area is 50.5 Å². The molecule has 0 atom stereocenters. The van der Waals surface area contributed by atoms with Crippen LogP contribution in [-0.2, 0) is 0 Å². The van der Waals surface area contributed by atoms with Crippen LogP contribution >= 0.6 is 0 Å². The topological polar surface area (TPSA) is 38.4 Å². The molecule has 0 aliphatic heterocycles. The second kappa shape index (κ2) is 2.70. The molecule has 0 bridgehead atoms. The van der Waals surface area contributed by atoms with Crippen molar-refractivity contribution in [1.82, 2.24) is 0 Å². The fourth-order valence-electron chi connectivity index (χ4n) is 0.365. The highest BCUT2D eigenvalue weighted by atomic mass is 19.4. The highest BCUT2D eigenvalue weighted by Gasteiger charge is 2.33. The van der Waals surface area contributed by atoms with Crippen LogP contribution in [0.1, 0.15) is 13.3 Å². The number of hydrogen-bond acceptors (Lipinski definition) is 2. The van der Waals surface area contributed by atoms with Crippen molar-refractivity contribution in [2.45, 2.75) is 19.5 Å². The van der Waals surface area contributed by atoms with Gasteiger partial charge in [-0.15, -0.1) is 0 Å². The minimum atomic E-state index is -4.36. The van der Waals surface area contributed by atoms with Gasteiger partial charge in [-0.25, -0.2) is 0 Å². The van der Waals surface area contributed by atoms with Crippen molar-refractivity contribution >= 4 is 5.71 Å². The van der Waals surface area contributed by atoms with Crippen molar-refractivity contribution in [2.75, 3.05) is 0 Å². The van der Waals surface area contributed by atoms with E-state index in [1.54, 1.807) is 0 Å². The largest absolute Gasteiger partial charge is 0.431 e. The summed E-state index contributed by atoms with van der Waals surface area (Å²) in [5, 5.41) is 2.57. The molecule has 0 saturated carbocycles. The first-order chi connectivity index (χ1) is 4.02. The molecule has 5 heteroatoms. The van der Waals surface area contributed by atoms with Gasteiger partial charge in [0.05, 0.1) is 0 Å². The van der Waals surface area contributed by atoms with Crippen molar-refractivity contribution in [3.05, 3.63) is 0 Å². The molecule has 0 fully saturated rings. The molecule has 9 heavy (non-hydrogen) atoms. The first-order valence-corrected chi connectivity index (χ1v) is 2.36. The lowest BCUT2D eigenvalue weighted by Crippen LogP contribution is -2.23. The van der Waals surface area contributed by atoms with Gasteiger partial charge in [0.2, 0.25) is 0 Å². The maximum Gasteiger partial charge on any atom is 0.431 e. The fourth-order valence-corrected chi connectivity index (χ4v) is 0.365. The summed E-state index contributed by atoms with van der Waals surface area (Å²) in [5.41, 5.74) is -0.928. The number of nitrogens with two attached hydrogens (primary N) is 1. The minimum Gasteiger partial charge on any atom is -0.323 e. The van der Waals surface area contributed by atoms with Gasteiger partial charge in [0.15, 0.2) is 0 Å². The third-order valence-corrected chi connectivity index (χ3v) is 0.818. The molecular weight excluding hydrogens is 133 g/mol. The van der Waals surface area contributed by atoms with E-state index in [0.29, 0.717) is 0 Å². The van der Waals surface area contributed by atoms with Crippen LogP contribution in [0.5, 0.6) is 0 Å². The number of hydrazone groups is 1. The molecule has 0 aromatic heterocycles. The van der Waals surface area contributed by atoms with E-state index in [-0.39, 0.29) is 6.42 Å². The molecule has 0 aromatic rings. The average Bonchev–Trinajstić information content (AvgIpc) is 1.65. The van der Waals surface area contributed by atoms with Crippen molar-refractivity contribution in [2.24, 2.45) is 10.9 Å². The molecule has 0 rings (SSSR count). The normalized spacial score (nSPS) is 14.0. The molecule has 0 aliphatic carbocycles. The predicted molar refractivity (Wildman–Crippen MR) is 28.0 cm³/mol. The summed E-state index contributed by atoms with van der Waals surface area (Å²) in [6.45, 7) is 1.35. The maximum atomic E-state index is 11.5. The summed E-state index contributed by atoms with van der Waals surface area (Å²) >= 11 is 0. The van der Waals surface area contributed by atoms with E-state index in [1.807, 2.05) is 0 Å². The summed E-state index contributed by atoms with van der Waals surface area (Å²) in [4.78, 5) is 0. The molecule has 0 amide bonds. The highest BCUT2D eigenvalue weighted by Crippen LogP contribution is 2.18. The van der Waals surface area contributed by atoms with Crippen LogP contribution in [0.4, 0.5) is 13.2 Å². The summed E-state index contributed by atoms with van der Waals surface area (Å²) < 4.78 is 34.5. The lowest BCUT2D eigenvalue weighted by atomic mass is 10.3. The number of alkyl halides is 3. The zero-order valence-corrected chi connectivity index (χ0v) is 4.87. The van der Waals surface area contributed by atoms with Gasteiger partial charge in [-0.3, -0.25) is 0 Å². The van der Waals surface area contributed by atoms with Gasteiger partial charge in [-0.2, -0.15) is 18.3 Å². The molecule has 0 spiro atoms. The quantitative estimate of drug-likeness (QED) is 0.332. The van der Waals surface area contributed by atoms with E-state index in [1.165, 1.54) is 6.92 Å². The first kappa shape index (κ1) is 8.26. The van der Waals surface area contributed by atoms with Gasteiger partial charge >= 0.3 is 6.18 Å². The molecule has 0 saturated heterocycles. The molecule has 0 aromatic carbocycles. The lowest BCUT2D eigenvalue weighted by molar-refractivity contribution is -0.0604. The number of nitrogens with zero attached hydrogens (tertiary/aromatic N) is 1. The zero-order valence-electron chi connectivity index (χ0n) is 4.87. The zero-order chi connectivity index (χ0) is 7.49. The van der Waals surface area contributed by atoms with Crippen LogP contribution in [0.2, 0.25) is 0 Å². The van der Waals surface area contributed by atoms with Gasteiger partial charge in [0.25, 0.3) is 0 Å². The smallest absolute Gasteiger partial charge is 0.323 e. The Morgan fingerprint density at radius 2 is 2.00 bits per heavy atom. The second-order valence-corrected chi connectivity index (χ2v) is 1.43. The van der Waals surface area contributed by atoms with Crippen LogP contribution in [0.25, 0.3) is 0 Å². The summed E-state index contributed by atoms with van der Waals surface area (Å²) in [6, 6.07) is 0. The molecule has 0 radical (unpaired) electrons. The van der Waals surface area contributed by atoms with Gasteiger partial charge in [-0.05, 0) is 6.42 Å². The SMILES string of the molecule is CC/C(=N\N)C(F)(F)F. The third kappa shape index (κ3) is 2.34. The Bertz CT molecular complexity index is 115. The Morgan fingerprint density at radius 1 is 1.56 bits per heavy atom. The molecule has 2 N–H and O–H groups in total. The molecule has 0 aliphatic rings. The van der Waals surface area contributed by atoms with E-state index in [2.05, 4.69) is 10.9 Å². The Morgan fingerprint density at radius 3 is 2.00 bits per heavy atom. The number of hydrogen-bond donors (Lipinski definition) is 1. The summed E-state index contributed by atoms with van der Waals surface area (Å²) in [5.74, 6) is 4.44. The van der Waals surface area contributed by atoms with E-state index in [9.17, 15) is 13.2 Å². The number of rotatable bonds is 1. The van der Waals surface area contributed by atoms with E-state index in [4.69, 9.17) is 0 Å². The number of halogens is 3. The molecule has 0 heterocycles. The molecule has 54 valence electrons. The van der Waals surface area contributed by atoms with Crippen LogP contribution < -0.4 is 5.84 Å². The fraction of sp³-hybridized carbons (Fsp3) is 0.750. The maximum absolute atomic E-state index is 11.5. The molecule has 2 nitrogen and oxygen atoms in total. The van der Waals surface area contributed by atoms with Crippen molar-refractivity contribution in [3.63, 3.8) is 0 Å². The van der Waals surface area contributed by atoms with Gasteiger partial charge in [0, 0.05) is 0 Å².